The van der Waals surface area contributed by atoms with Crippen LogP contribution < -0.4 is 10.1 Å². The van der Waals surface area contributed by atoms with Gasteiger partial charge in [0.15, 0.2) is 0 Å². The lowest BCUT2D eigenvalue weighted by atomic mass is 10.1. The Labute approximate surface area is 133 Å². The first-order valence-corrected chi connectivity index (χ1v) is 7.26. The summed E-state index contributed by atoms with van der Waals surface area (Å²) in [5.74, 6) is 0.924. The second-order valence-corrected chi connectivity index (χ2v) is 4.97. The molecule has 2 rings (SSSR count). The van der Waals surface area contributed by atoms with Gasteiger partial charge < -0.3 is 10.1 Å². The van der Waals surface area contributed by atoms with Gasteiger partial charge in [-0.3, -0.25) is 0 Å². The minimum Gasteiger partial charge on any atom is -0.497 e. The van der Waals surface area contributed by atoms with Crippen molar-refractivity contribution in [1.82, 2.24) is 5.32 Å². The molecule has 21 heavy (non-hydrogen) atoms. The van der Waals surface area contributed by atoms with Crippen LogP contribution in [0.4, 0.5) is 0 Å². The van der Waals surface area contributed by atoms with Crippen molar-refractivity contribution in [3.05, 3.63) is 65.7 Å². The van der Waals surface area contributed by atoms with Gasteiger partial charge in [0, 0.05) is 6.54 Å². The van der Waals surface area contributed by atoms with Gasteiger partial charge in [0.05, 0.1) is 7.11 Å². The summed E-state index contributed by atoms with van der Waals surface area (Å²) < 4.78 is 5.22. The topological polar surface area (TPSA) is 21.3 Å². The van der Waals surface area contributed by atoms with Crippen molar-refractivity contribution < 1.29 is 4.74 Å². The van der Waals surface area contributed by atoms with E-state index in [4.69, 9.17) is 4.74 Å². The average molecular weight is 306 g/mol. The molecule has 1 N–H and O–H groups in total. The number of rotatable bonds is 8. The smallest absolute Gasteiger partial charge is 0.119 e. The van der Waals surface area contributed by atoms with Crippen molar-refractivity contribution in [2.75, 3.05) is 13.7 Å². The van der Waals surface area contributed by atoms with Crippen LogP contribution in [0.3, 0.4) is 0 Å². The largest absolute Gasteiger partial charge is 0.497 e. The molecule has 0 heterocycles. The molecule has 0 atom stereocenters. The van der Waals surface area contributed by atoms with Gasteiger partial charge in [0.1, 0.15) is 5.75 Å². The van der Waals surface area contributed by atoms with Crippen LogP contribution >= 0.6 is 12.4 Å². The summed E-state index contributed by atoms with van der Waals surface area (Å²) in [6, 6.07) is 18.9. The van der Waals surface area contributed by atoms with E-state index in [0.717, 1.165) is 18.8 Å². The summed E-state index contributed by atoms with van der Waals surface area (Å²) in [7, 11) is 1.70. The van der Waals surface area contributed by atoms with E-state index in [9.17, 15) is 0 Å². The Morgan fingerprint density at radius 3 is 2.43 bits per heavy atom. The Hall–Kier alpha value is -1.51. The molecule has 0 unspecified atom stereocenters. The minimum absolute atomic E-state index is 0. The van der Waals surface area contributed by atoms with Crippen molar-refractivity contribution in [2.24, 2.45) is 0 Å². The maximum Gasteiger partial charge on any atom is 0.119 e. The third-order valence-corrected chi connectivity index (χ3v) is 3.38. The molecule has 0 aliphatic carbocycles. The fourth-order valence-corrected chi connectivity index (χ4v) is 2.24. The molecule has 0 saturated heterocycles. The van der Waals surface area contributed by atoms with Gasteiger partial charge in [-0.1, -0.05) is 42.5 Å². The lowest BCUT2D eigenvalue weighted by Crippen LogP contribution is -2.14. The van der Waals surface area contributed by atoms with Crippen molar-refractivity contribution >= 4 is 12.4 Å². The Balaban J connectivity index is 0.00000220. The van der Waals surface area contributed by atoms with E-state index in [-0.39, 0.29) is 12.4 Å². The zero-order valence-electron chi connectivity index (χ0n) is 12.5. The van der Waals surface area contributed by atoms with Gasteiger partial charge in [0.2, 0.25) is 0 Å². The van der Waals surface area contributed by atoms with Crippen LogP contribution in [0.2, 0.25) is 0 Å². The highest BCUT2D eigenvalue weighted by atomic mass is 35.5. The Kier molecular flexibility index (Phi) is 8.56. The van der Waals surface area contributed by atoms with E-state index in [2.05, 4.69) is 47.8 Å². The van der Waals surface area contributed by atoms with Crippen LogP contribution in [0.25, 0.3) is 0 Å². The van der Waals surface area contributed by atoms with E-state index in [1.54, 1.807) is 7.11 Å². The number of ether oxygens (including phenoxy) is 1. The number of unbranched alkanes of at least 4 members (excludes halogenated alkanes) is 1. The molecule has 0 aliphatic heterocycles. The zero-order valence-corrected chi connectivity index (χ0v) is 13.4. The zero-order chi connectivity index (χ0) is 14.0. The van der Waals surface area contributed by atoms with Crippen molar-refractivity contribution in [3.8, 4) is 5.75 Å². The average Bonchev–Trinajstić information content (AvgIpc) is 2.52. The lowest BCUT2D eigenvalue weighted by Gasteiger charge is -2.07. The van der Waals surface area contributed by atoms with Crippen molar-refractivity contribution in [1.29, 1.82) is 0 Å². The van der Waals surface area contributed by atoms with Gasteiger partial charge in [-0.2, -0.15) is 0 Å². The molecule has 3 heteroatoms. The van der Waals surface area contributed by atoms with Crippen LogP contribution in [0.15, 0.2) is 54.6 Å². The lowest BCUT2D eigenvalue weighted by molar-refractivity contribution is 0.414. The summed E-state index contributed by atoms with van der Waals surface area (Å²) in [5.41, 5.74) is 2.70. The van der Waals surface area contributed by atoms with E-state index < -0.39 is 0 Å². The van der Waals surface area contributed by atoms with Crippen LogP contribution in [-0.4, -0.2) is 13.7 Å². The Morgan fingerprint density at radius 1 is 0.905 bits per heavy atom. The van der Waals surface area contributed by atoms with Gasteiger partial charge in [-0.25, -0.2) is 0 Å². The molecule has 0 saturated carbocycles. The second kappa shape index (κ2) is 10.3. The molecule has 0 radical (unpaired) electrons. The quantitative estimate of drug-likeness (QED) is 0.737. The summed E-state index contributed by atoms with van der Waals surface area (Å²) in [6.45, 7) is 1.96. The third-order valence-electron chi connectivity index (χ3n) is 3.38. The highest BCUT2D eigenvalue weighted by molar-refractivity contribution is 5.85. The first-order chi connectivity index (χ1) is 9.88. The molecule has 0 amide bonds. The number of methoxy groups -OCH3 is 1. The van der Waals surface area contributed by atoms with Crippen LogP contribution in [-0.2, 0) is 13.0 Å². The molecule has 0 bridgehead atoms. The molecule has 114 valence electrons. The molecule has 0 aromatic heterocycles. The van der Waals surface area contributed by atoms with Gasteiger partial charge in [-0.05, 0) is 49.1 Å². The normalized spacial score (nSPS) is 9.95. The highest BCUT2D eigenvalue weighted by Gasteiger charge is 1.96. The van der Waals surface area contributed by atoms with E-state index in [0.29, 0.717) is 0 Å². The van der Waals surface area contributed by atoms with Crippen molar-refractivity contribution in [3.63, 3.8) is 0 Å². The van der Waals surface area contributed by atoms with Crippen LogP contribution in [0.1, 0.15) is 24.0 Å². The molecule has 0 spiro atoms. The fraction of sp³-hybridized carbons (Fsp3) is 0.333. The van der Waals surface area contributed by atoms with Gasteiger partial charge in [-0.15, -0.1) is 12.4 Å². The number of hydrogen-bond donors (Lipinski definition) is 1. The second-order valence-electron chi connectivity index (χ2n) is 4.97. The SMILES string of the molecule is COc1cccc(CNCCCCc2ccccc2)c1.Cl. The van der Waals surface area contributed by atoms with E-state index in [1.807, 2.05) is 12.1 Å². The minimum atomic E-state index is 0. The molecule has 2 nitrogen and oxygen atoms in total. The number of benzene rings is 2. The maximum atomic E-state index is 5.22. The summed E-state index contributed by atoms with van der Waals surface area (Å²) in [6.07, 6.45) is 3.61. The summed E-state index contributed by atoms with van der Waals surface area (Å²) >= 11 is 0. The molecular formula is C18H24ClNO. The number of halogens is 1. The predicted molar refractivity (Wildman–Crippen MR) is 91.3 cm³/mol. The maximum absolute atomic E-state index is 5.22. The third kappa shape index (κ3) is 6.65. The summed E-state index contributed by atoms with van der Waals surface area (Å²) in [4.78, 5) is 0. The Bertz CT molecular complexity index is 502. The molecule has 2 aromatic rings. The van der Waals surface area contributed by atoms with Gasteiger partial charge >= 0.3 is 0 Å². The van der Waals surface area contributed by atoms with E-state index in [1.165, 1.54) is 30.4 Å². The van der Waals surface area contributed by atoms with Crippen LogP contribution in [0.5, 0.6) is 5.75 Å². The molecule has 0 fully saturated rings. The van der Waals surface area contributed by atoms with Crippen LogP contribution in [0, 0.1) is 0 Å². The molecule has 0 aliphatic rings. The number of aryl methyl sites for hydroxylation is 1. The number of nitrogens with one attached hydrogen (secondary N) is 1. The molecular weight excluding hydrogens is 282 g/mol. The first kappa shape index (κ1) is 17.5. The van der Waals surface area contributed by atoms with Gasteiger partial charge in [0.25, 0.3) is 0 Å². The van der Waals surface area contributed by atoms with Crippen molar-refractivity contribution in [2.45, 2.75) is 25.8 Å². The number of hydrogen-bond acceptors (Lipinski definition) is 2. The highest BCUT2D eigenvalue weighted by Crippen LogP contribution is 2.12. The Morgan fingerprint density at radius 2 is 1.67 bits per heavy atom. The molecule has 2 aromatic carbocycles. The monoisotopic (exact) mass is 305 g/mol. The first-order valence-electron chi connectivity index (χ1n) is 7.26. The fourth-order valence-electron chi connectivity index (χ4n) is 2.24. The predicted octanol–water partition coefficient (Wildman–Crippen LogP) is 4.23. The standard InChI is InChI=1S/C18H23NO.ClH/c1-20-18-12-7-11-17(14-18)15-19-13-6-5-10-16-8-3-2-4-9-16;/h2-4,7-9,11-12,14,19H,5-6,10,13,15H2,1H3;1H. The van der Waals surface area contributed by atoms with E-state index >= 15 is 0 Å². The summed E-state index contributed by atoms with van der Waals surface area (Å²) in [5, 5.41) is 3.48.